The molecule has 0 unspecified atom stereocenters. The number of amides is 1. The number of carbonyl (C=O) groups is 1. The summed E-state index contributed by atoms with van der Waals surface area (Å²) in [6.45, 7) is 3.22. The van der Waals surface area contributed by atoms with Crippen LogP contribution in [0.25, 0.3) is 0 Å². The van der Waals surface area contributed by atoms with E-state index in [2.05, 4.69) is 28.1 Å². The zero-order valence-electron chi connectivity index (χ0n) is 15.8. The third-order valence-electron chi connectivity index (χ3n) is 4.94. The van der Waals surface area contributed by atoms with Gasteiger partial charge in [0.2, 0.25) is 5.91 Å². The van der Waals surface area contributed by atoms with E-state index in [0.29, 0.717) is 5.75 Å². The Bertz CT molecular complexity index is 862. The number of methoxy groups -OCH3 is 1. The summed E-state index contributed by atoms with van der Waals surface area (Å²) in [7, 11) is 1.67. The Balaban J connectivity index is 1.27. The number of nitrogens with zero attached hydrogens (tertiary/aromatic N) is 3. The molecule has 1 saturated heterocycles. The van der Waals surface area contributed by atoms with Crippen LogP contribution in [0.4, 0.5) is 11.4 Å². The van der Waals surface area contributed by atoms with Gasteiger partial charge in [-0.3, -0.25) is 4.79 Å². The summed E-state index contributed by atoms with van der Waals surface area (Å²) >= 11 is 3.28. The molecule has 0 N–H and O–H groups in total. The van der Waals surface area contributed by atoms with Gasteiger partial charge in [0.15, 0.2) is 0 Å². The highest BCUT2D eigenvalue weighted by atomic mass is 32.2. The monoisotopic (exact) mass is 413 g/mol. The van der Waals surface area contributed by atoms with E-state index in [4.69, 9.17) is 4.74 Å². The molecule has 0 atom stereocenters. The number of para-hydroxylation sites is 1. The average molecular weight is 414 g/mol. The largest absolute Gasteiger partial charge is 0.497 e. The minimum Gasteiger partial charge on any atom is -0.497 e. The lowest BCUT2D eigenvalue weighted by atomic mass is 10.2. The highest BCUT2D eigenvalue weighted by Crippen LogP contribution is 2.34. The van der Waals surface area contributed by atoms with Crippen molar-refractivity contribution in [2.75, 3.05) is 43.9 Å². The Labute approximate surface area is 174 Å². The van der Waals surface area contributed by atoms with Gasteiger partial charge >= 0.3 is 0 Å². The lowest BCUT2D eigenvalue weighted by molar-refractivity contribution is -0.128. The number of aliphatic imine (C=N–C) groups is 1. The molecule has 0 aliphatic carbocycles. The van der Waals surface area contributed by atoms with Crippen molar-refractivity contribution in [3.8, 4) is 5.75 Å². The molecule has 146 valence electrons. The van der Waals surface area contributed by atoms with Crippen LogP contribution in [0, 0.1) is 0 Å². The summed E-state index contributed by atoms with van der Waals surface area (Å²) in [5, 5.41) is 0. The Morgan fingerprint density at radius 2 is 1.86 bits per heavy atom. The summed E-state index contributed by atoms with van der Waals surface area (Å²) in [6.07, 6.45) is 0. The van der Waals surface area contributed by atoms with Crippen LogP contribution in [0.1, 0.15) is 5.56 Å². The fourth-order valence-corrected chi connectivity index (χ4v) is 5.27. The zero-order valence-corrected chi connectivity index (χ0v) is 17.5. The number of carbonyl (C=O) groups excluding carboxylic acids is 1. The third kappa shape index (κ3) is 4.47. The fraction of sp³-hybridized carbons (Fsp3) is 0.333. The summed E-state index contributed by atoms with van der Waals surface area (Å²) in [6, 6.07) is 16.3. The summed E-state index contributed by atoms with van der Waals surface area (Å²) in [5.41, 5.74) is 3.47. The zero-order chi connectivity index (χ0) is 19.3. The number of anilines is 1. The van der Waals surface area contributed by atoms with Crippen molar-refractivity contribution in [3.63, 3.8) is 0 Å². The Morgan fingerprint density at radius 1 is 1.11 bits per heavy atom. The maximum atomic E-state index is 12.6. The van der Waals surface area contributed by atoms with Crippen molar-refractivity contribution < 1.29 is 9.53 Å². The average Bonchev–Trinajstić information content (AvgIpc) is 2.77. The molecule has 1 fully saturated rings. The van der Waals surface area contributed by atoms with Gasteiger partial charge in [-0.15, -0.1) is 0 Å². The molecule has 2 heterocycles. The molecule has 0 spiro atoms. The first-order valence-corrected chi connectivity index (χ1v) is 11.3. The van der Waals surface area contributed by atoms with E-state index in [1.165, 1.54) is 11.3 Å². The molecule has 5 nitrogen and oxygen atoms in total. The maximum Gasteiger partial charge on any atom is 0.233 e. The van der Waals surface area contributed by atoms with E-state index < -0.39 is 0 Å². The SMILES string of the molecule is COc1ccc(N2CCN(C(=O)CSC3=Nc4ccccc4CS3)CC2)cc1. The number of hydrogen-bond acceptors (Lipinski definition) is 6. The molecule has 0 bridgehead atoms. The third-order valence-corrected chi connectivity index (χ3v) is 7.17. The van der Waals surface area contributed by atoms with Crippen molar-refractivity contribution in [3.05, 3.63) is 54.1 Å². The second-order valence-corrected chi connectivity index (χ2v) is 8.84. The summed E-state index contributed by atoms with van der Waals surface area (Å²) in [4.78, 5) is 21.6. The van der Waals surface area contributed by atoms with E-state index in [9.17, 15) is 4.79 Å². The highest BCUT2D eigenvalue weighted by Gasteiger charge is 2.22. The number of hydrogen-bond donors (Lipinski definition) is 0. The predicted octanol–water partition coefficient (Wildman–Crippen LogP) is 4.01. The lowest BCUT2D eigenvalue weighted by Gasteiger charge is -2.36. The Kier molecular flexibility index (Phi) is 6.12. The number of thioether (sulfide) groups is 2. The van der Waals surface area contributed by atoms with Crippen LogP contribution in [-0.2, 0) is 10.5 Å². The van der Waals surface area contributed by atoms with Crippen molar-refractivity contribution in [2.24, 2.45) is 4.99 Å². The van der Waals surface area contributed by atoms with Crippen LogP contribution >= 0.6 is 23.5 Å². The minimum absolute atomic E-state index is 0.196. The van der Waals surface area contributed by atoms with Crippen LogP contribution in [0.5, 0.6) is 5.75 Å². The predicted molar refractivity (Wildman–Crippen MR) is 119 cm³/mol. The number of ether oxygens (including phenoxy) is 1. The molecule has 7 heteroatoms. The quantitative estimate of drug-likeness (QED) is 0.758. The fourth-order valence-electron chi connectivity index (χ4n) is 3.31. The number of piperazine rings is 1. The molecular formula is C21H23N3O2S2. The molecule has 2 aliphatic heterocycles. The molecule has 2 aromatic rings. The Hall–Kier alpha value is -2.12. The molecule has 1 amide bonds. The van der Waals surface area contributed by atoms with Crippen LogP contribution in [0.3, 0.4) is 0 Å². The second-order valence-electron chi connectivity index (χ2n) is 6.65. The van der Waals surface area contributed by atoms with Crippen molar-refractivity contribution >= 4 is 45.2 Å². The number of benzene rings is 2. The standard InChI is InChI=1S/C21H23N3O2S2/c1-26-18-8-6-17(7-9-18)23-10-12-24(13-11-23)20(25)15-28-21-22-19-5-3-2-4-16(19)14-27-21/h2-9H,10-15H2,1H3. The van der Waals surface area contributed by atoms with Crippen molar-refractivity contribution in [1.29, 1.82) is 0 Å². The van der Waals surface area contributed by atoms with Gasteiger partial charge < -0.3 is 14.5 Å². The van der Waals surface area contributed by atoms with Gasteiger partial charge in [-0.25, -0.2) is 4.99 Å². The van der Waals surface area contributed by atoms with Gasteiger partial charge in [0, 0.05) is 37.6 Å². The van der Waals surface area contributed by atoms with E-state index in [1.807, 2.05) is 35.2 Å². The first-order valence-electron chi connectivity index (χ1n) is 9.32. The topological polar surface area (TPSA) is 45.1 Å². The van der Waals surface area contributed by atoms with E-state index >= 15 is 0 Å². The van der Waals surface area contributed by atoms with Crippen LogP contribution in [0.2, 0.25) is 0 Å². The van der Waals surface area contributed by atoms with Crippen molar-refractivity contribution in [1.82, 2.24) is 4.90 Å². The Morgan fingerprint density at radius 3 is 2.61 bits per heavy atom. The van der Waals surface area contributed by atoms with Crippen LogP contribution in [-0.4, -0.2) is 54.2 Å². The van der Waals surface area contributed by atoms with E-state index in [1.54, 1.807) is 30.6 Å². The number of fused-ring (bicyclic) bond motifs is 1. The normalized spacial score (nSPS) is 16.4. The van der Waals surface area contributed by atoms with Gasteiger partial charge in [-0.05, 0) is 35.9 Å². The lowest BCUT2D eigenvalue weighted by Crippen LogP contribution is -2.49. The molecule has 0 aromatic heterocycles. The van der Waals surface area contributed by atoms with Gasteiger partial charge in [-0.2, -0.15) is 0 Å². The summed E-state index contributed by atoms with van der Waals surface area (Å²) in [5.74, 6) is 2.44. The molecule has 4 rings (SSSR count). The minimum atomic E-state index is 0.196. The molecule has 2 aliphatic rings. The number of rotatable bonds is 4. The molecule has 2 aromatic carbocycles. The highest BCUT2D eigenvalue weighted by molar-refractivity contribution is 8.38. The van der Waals surface area contributed by atoms with E-state index in [0.717, 1.165) is 47.7 Å². The molecule has 0 saturated carbocycles. The van der Waals surface area contributed by atoms with E-state index in [-0.39, 0.29) is 5.91 Å². The van der Waals surface area contributed by atoms with Crippen LogP contribution in [0.15, 0.2) is 53.5 Å². The second kappa shape index (κ2) is 8.92. The first-order chi connectivity index (χ1) is 13.7. The maximum absolute atomic E-state index is 12.6. The van der Waals surface area contributed by atoms with Crippen LogP contribution < -0.4 is 9.64 Å². The summed E-state index contributed by atoms with van der Waals surface area (Å²) < 4.78 is 6.21. The van der Waals surface area contributed by atoms with Gasteiger partial charge in [0.05, 0.1) is 18.6 Å². The molecule has 0 radical (unpaired) electrons. The first kappa shape index (κ1) is 19.2. The van der Waals surface area contributed by atoms with Gasteiger partial charge in [0.25, 0.3) is 0 Å². The molecular weight excluding hydrogens is 390 g/mol. The van der Waals surface area contributed by atoms with Crippen molar-refractivity contribution in [2.45, 2.75) is 5.75 Å². The molecule has 28 heavy (non-hydrogen) atoms. The van der Waals surface area contributed by atoms with Gasteiger partial charge in [0.1, 0.15) is 10.1 Å². The van der Waals surface area contributed by atoms with Gasteiger partial charge in [-0.1, -0.05) is 41.7 Å². The smallest absolute Gasteiger partial charge is 0.233 e.